The molecule has 2 unspecified atom stereocenters. The lowest BCUT2D eigenvalue weighted by Gasteiger charge is -2.17. The summed E-state index contributed by atoms with van der Waals surface area (Å²) < 4.78 is 0. The maximum Gasteiger partial charge on any atom is 0.100 e. The monoisotopic (exact) mass is 987 g/mol. The van der Waals surface area contributed by atoms with Crippen LogP contribution in [0.5, 0.6) is 0 Å². The summed E-state index contributed by atoms with van der Waals surface area (Å²) in [5.41, 5.74) is 15.8. The van der Waals surface area contributed by atoms with E-state index in [1.165, 1.54) is 50.1 Å². The molecular weight excluding hydrogens is 917 g/mol. The van der Waals surface area contributed by atoms with Crippen molar-refractivity contribution in [2.24, 2.45) is 20.0 Å². The maximum absolute atomic E-state index is 4.91. The molecule has 5 aromatic carbocycles. The van der Waals surface area contributed by atoms with Crippen molar-refractivity contribution in [3.63, 3.8) is 0 Å². The number of nitrogens with zero attached hydrogens (tertiary/aromatic N) is 8. The molecule has 4 aromatic heterocycles. The fourth-order valence-electron chi connectivity index (χ4n) is 8.12. The second kappa shape index (κ2) is 30.4. The van der Waals surface area contributed by atoms with Gasteiger partial charge in [-0.2, -0.15) is 0 Å². The van der Waals surface area contributed by atoms with E-state index in [-0.39, 0.29) is 24.2 Å². The number of aryl methyl sites for hydroxylation is 5. The summed E-state index contributed by atoms with van der Waals surface area (Å²) in [5, 5.41) is 0. The number of benzene rings is 5. The van der Waals surface area contributed by atoms with Gasteiger partial charge in [0.05, 0.1) is 40.9 Å². The van der Waals surface area contributed by atoms with Crippen molar-refractivity contribution in [1.29, 1.82) is 0 Å². The number of aromatic nitrogens is 4. The standard InChI is InChI=1S/C23H24N2.2C15H16N2.C14H14N2/c1-16-9-17(2)12-20(11-16)23(21-13-18(3)10-19(4)14-21)25-15-22-7-5-6-8-24-22;1-12-7-6-10-15(17-12)11-16-13(2)14-8-4-3-5-9-14;1-2-15(13-8-4-3-5-9-13)17-12-14-10-6-7-11-16-14;1-12(13-7-3-2-4-8-13)16-11-14-9-5-6-10-15-14/h5-15,23H,1-4H3;3-11,13H,1-2H3;3-12,15H,2H2,1H3;2-12H,1H3/t;;;12-/m...0/s1. The van der Waals surface area contributed by atoms with E-state index in [2.05, 4.69) is 156 Å². The molecule has 0 saturated carbocycles. The van der Waals surface area contributed by atoms with Gasteiger partial charge in [0.25, 0.3) is 0 Å². The van der Waals surface area contributed by atoms with E-state index < -0.39 is 0 Å². The van der Waals surface area contributed by atoms with Crippen LogP contribution < -0.4 is 0 Å². The Morgan fingerprint density at radius 1 is 0.360 bits per heavy atom. The van der Waals surface area contributed by atoms with Crippen LogP contribution >= 0.6 is 0 Å². The average molecular weight is 987 g/mol. The zero-order valence-electron chi connectivity index (χ0n) is 44.7. The summed E-state index contributed by atoms with van der Waals surface area (Å²) in [6, 6.07) is 68.2. The Balaban J connectivity index is 0.000000166. The van der Waals surface area contributed by atoms with Gasteiger partial charge < -0.3 is 0 Å². The lowest BCUT2D eigenvalue weighted by molar-refractivity contribution is 0.704. The van der Waals surface area contributed by atoms with Crippen molar-refractivity contribution in [2.45, 2.75) is 86.0 Å². The van der Waals surface area contributed by atoms with Crippen LogP contribution in [-0.4, -0.2) is 44.8 Å². The molecule has 0 fully saturated rings. The molecule has 4 heterocycles. The predicted molar refractivity (Wildman–Crippen MR) is 315 cm³/mol. The minimum atomic E-state index is -0.0285. The fourth-order valence-corrected chi connectivity index (χ4v) is 8.12. The maximum atomic E-state index is 4.91. The third kappa shape index (κ3) is 19.7. The van der Waals surface area contributed by atoms with Gasteiger partial charge in [-0.3, -0.25) is 39.9 Å². The summed E-state index contributed by atoms with van der Waals surface area (Å²) in [5.74, 6) is 0. The molecule has 0 aliphatic rings. The highest BCUT2D eigenvalue weighted by atomic mass is 14.8. The highest BCUT2D eigenvalue weighted by Gasteiger charge is 2.15. The van der Waals surface area contributed by atoms with E-state index in [0.717, 1.165) is 34.9 Å². The predicted octanol–water partition coefficient (Wildman–Crippen LogP) is 16.0. The lowest BCUT2D eigenvalue weighted by atomic mass is 9.94. The van der Waals surface area contributed by atoms with Crippen LogP contribution in [0.25, 0.3) is 0 Å². The Morgan fingerprint density at radius 3 is 1.11 bits per heavy atom. The van der Waals surface area contributed by atoms with Crippen LogP contribution in [0.1, 0.15) is 130 Å². The third-order valence-electron chi connectivity index (χ3n) is 11.8. The Morgan fingerprint density at radius 2 is 0.720 bits per heavy atom. The fraction of sp³-hybridized carbons (Fsp3) is 0.194. The second-order valence-corrected chi connectivity index (χ2v) is 18.3. The Hall–Kier alpha value is -8.62. The summed E-state index contributed by atoms with van der Waals surface area (Å²) in [6.45, 7) is 16.8. The van der Waals surface area contributed by atoms with Gasteiger partial charge in [-0.15, -0.1) is 0 Å². The van der Waals surface area contributed by atoms with Crippen LogP contribution in [0.15, 0.2) is 239 Å². The van der Waals surface area contributed by atoms with Gasteiger partial charge in [0, 0.05) is 49.1 Å². The number of hydrogen-bond acceptors (Lipinski definition) is 8. The zero-order chi connectivity index (χ0) is 53.0. The molecule has 0 radical (unpaired) electrons. The van der Waals surface area contributed by atoms with Gasteiger partial charge >= 0.3 is 0 Å². The van der Waals surface area contributed by atoms with E-state index in [1.54, 1.807) is 18.6 Å². The zero-order valence-corrected chi connectivity index (χ0v) is 44.7. The van der Waals surface area contributed by atoms with Crippen LogP contribution in [0, 0.1) is 34.6 Å². The molecule has 0 aliphatic carbocycles. The molecule has 9 rings (SSSR count). The van der Waals surface area contributed by atoms with E-state index in [1.807, 2.05) is 159 Å². The summed E-state index contributed by atoms with van der Waals surface area (Å²) in [6.07, 6.45) is 13.7. The first-order valence-corrected chi connectivity index (χ1v) is 25.6. The van der Waals surface area contributed by atoms with Crippen molar-refractivity contribution in [2.75, 3.05) is 0 Å². The first-order chi connectivity index (χ1) is 36.5. The molecule has 0 saturated heterocycles. The van der Waals surface area contributed by atoms with Gasteiger partial charge in [0.2, 0.25) is 0 Å². The molecule has 75 heavy (non-hydrogen) atoms. The summed E-state index contributed by atoms with van der Waals surface area (Å²) >= 11 is 0. The van der Waals surface area contributed by atoms with Crippen molar-refractivity contribution in [1.82, 2.24) is 19.9 Å². The van der Waals surface area contributed by atoms with E-state index in [9.17, 15) is 0 Å². The lowest BCUT2D eigenvalue weighted by Crippen LogP contribution is -2.02. The molecule has 8 heteroatoms. The highest BCUT2D eigenvalue weighted by molar-refractivity contribution is 5.78. The molecule has 3 atom stereocenters. The van der Waals surface area contributed by atoms with Crippen LogP contribution in [-0.2, 0) is 0 Å². The summed E-state index contributed by atoms with van der Waals surface area (Å²) in [7, 11) is 0. The minimum Gasteiger partial charge on any atom is -0.283 e. The first-order valence-electron chi connectivity index (χ1n) is 25.6. The normalized spacial score (nSPS) is 12.3. The van der Waals surface area contributed by atoms with Crippen molar-refractivity contribution >= 4 is 24.9 Å². The Kier molecular flexibility index (Phi) is 22.6. The molecule has 378 valence electrons. The third-order valence-corrected chi connectivity index (χ3v) is 11.8. The minimum absolute atomic E-state index is 0.0285. The summed E-state index contributed by atoms with van der Waals surface area (Å²) in [4.78, 5) is 35.7. The molecule has 0 spiro atoms. The smallest absolute Gasteiger partial charge is 0.100 e. The quantitative estimate of drug-likeness (QED) is 0.101. The average Bonchev–Trinajstić information content (AvgIpc) is 3.44. The molecule has 0 aliphatic heterocycles. The van der Waals surface area contributed by atoms with Gasteiger partial charge in [-0.05, 0) is 131 Å². The Bertz CT molecular complexity index is 3070. The van der Waals surface area contributed by atoms with Gasteiger partial charge in [0.15, 0.2) is 0 Å². The van der Waals surface area contributed by atoms with Gasteiger partial charge in [-0.25, -0.2) is 0 Å². The largest absolute Gasteiger partial charge is 0.283 e. The first kappa shape index (κ1) is 55.7. The van der Waals surface area contributed by atoms with E-state index in [4.69, 9.17) is 4.99 Å². The van der Waals surface area contributed by atoms with Crippen molar-refractivity contribution in [3.05, 3.63) is 297 Å². The van der Waals surface area contributed by atoms with Gasteiger partial charge in [-0.1, -0.05) is 181 Å². The second-order valence-electron chi connectivity index (χ2n) is 18.3. The van der Waals surface area contributed by atoms with E-state index in [0.29, 0.717) is 0 Å². The molecule has 9 aromatic rings. The van der Waals surface area contributed by atoms with Crippen molar-refractivity contribution < 1.29 is 0 Å². The molecule has 8 nitrogen and oxygen atoms in total. The number of rotatable bonds is 14. The van der Waals surface area contributed by atoms with Gasteiger partial charge in [0.1, 0.15) is 6.04 Å². The molecule has 0 amide bonds. The Labute approximate surface area is 446 Å². The van der Waals surface area contributed by atoms with Crippen LogP contribution in [0.2, 0.25) is 0 Å². The SMILES string of the molecule is CCC(N=Cc1ccccn1)c1ccccc1.C[C@H](N=Cc1ccccn1)c1ccccc1.Cc1cc(C)cc(C(N=Cc2ccccn2)c2cc(C)cc(C)c2)c1.Cc1cccc(C=NC(C)c2ccccc2)n1. The molecule has 0 N–H and O–H groups in total. The highest BCUT2D eigenvalue weighted by Crippen LogP contribution is 2.29. The number of hydrogen-bond donors (Lipinski definition) is 0. The number of pyridine rings is 4. The number of aliphatic imine (C=N–C) groups is 4. The topological polar surface area (TPSA) is 101 Å². The van der Waals surface area contributed by atoms with Crippen molar-refractivity contribution in [3.8, 4) is 0 Å². The molecule has 0 bridgehead atoms. The van der Waals surface area contributed by atoms with Crippen LogP contribution in [0.4, 0.5) is 0 Å². The van der Waals surface area contributed by atoms with E-state index >= 15 is 0 Å². The molecular formula is C67H70N8. The van der Waals surface area contributed by atoms with Crippen LogP contribution in [0.3, 0.4) is 0 Å².